The minimum atomic E-state index is -0.901. The second-order valence-electron chi connectivity index (χ2n) is 7.99. The van der Waals surface area contributed by atoms with E-state index in [1.807, 2.05) is 0 Å². The van der Waals surface area contributed by atoms with Crippen LogP contribution in [0.15, 0.2) is 42.6 Å². The van der Waals surface area contributed by atoms with Crippen molar-refractivity contribution in [3.8, 4) is 11.3 Å². The second-order valence-corrected chi connectivity index (χ2v) is 8.40. The summed E-state index contributed by atoms with van der Waals surface area (Å²) >= 11 is 5.79. The fourth-order valence-electron chi connectivity index (χ4n) is 3.86. The van der Waals surface area contributed by atoms with Crippen LogP contribution < -0.4 is 11.1 Å². The van der Waals surface area contributed by atoms with Crippen molar-refractivity contribution in [1.29, 1.82) is 0 Å². The first-order valence-corrected chi connectivity index (χ1v) is 11.1. The molecule has 0 spiro atoms. The van der Waals surface area contributed by atoms with Gasteiger partial charge in [0.25, 0.3) is 5.91 Å². The van der Waals surface area contributed by atoms with Gasteiger partial charge >= 0.3 is 0 Å². The molecule has 1 amide bonds. The fraction of sp³-hybridized carbons (Fsp3) is 0.292. The molecule has 1 saturated heterocycles. The molecule has 7 nitrogen and oxygen atoms in total. The van der Waals surface area contributed by atoms with E-state index in [0.29, 0.717) is 30.0 Å². The normalized spacial score (nSPS) is 15.2. The van der Waals surface area contributed by atoms with E-state index in [1.54, 1.807) is 6.20 Å². The molecule has 1 aromatic heterocycles. The van der Waals surface area contributed by atoms with Crippen LogP contribution in [0.3, 0.4) is 0 Å². The Morgan fingerprint density at radius 2 is 1.97 bits per heavy atom. The highest BCUT2D eigenvalue weighted by Crippen LogP contribution is 2.30. The molecule has 34 heavy (non-hydrogen) atoms. The van der Waals surface area contributed by atoms with Crippen LogP contribution in [-0.2, 0) is 4.74 Å². The third kappa shape index (κ3) is 5.16. The molecule has 1 aliphatic rings. The van der Waals surface area contributed by atoms with Gasteiger partial charge in [-0.2, -0.15) is 0 Å². The maximum atomic E-state index is 14.9. The molecule has 2 aromatic carbocycles. The first-order chi connectivity index (χ1) is 16.4. The molecular weight excluding hydrogens is 466 g/mol. The number of carbonyl (C=O) groups excluding carboxylic acids is 1. The van der Waals surface area contributed by atoms with E-state index in [0.717, 1.165) is 24.6 Å². The highest BCUT2D eigenvalue weighted by molar-refractivity contribution is 6.30. The Hall–Kier alpha value is -3.14. The Kier molecular flexibility index (Phi) is 7.35. The number of aliphatic hydroxyl groups is 1. The van der Waals surface area contributed by atoms with E-state index in [1.165, 1.54) is 30.3 Å². The molecule has 0 bridgehead atoms. The number of ether oxygens (including phenoxy) is 1. The van der Waals surface area contributed by atoms with Gasteiger partial charge in [-0.05, 0) is 42.7 Å². The summed E-state index contributed by atoms with van der Waals surface area (Å²) in [4.78, 5) is 21.5. The molecule has 4 N–H and O–H groups in total. The number of carbonyl (C=O) groups is 1. The van der Waals surface area contributed by atoms with E-state index >= 15 is 0 Å². The van der Waals surface area contributed by atoms with Crippen molar-refractivity contribution in [2.24, 2.45) is 0 Å². The molecule has 2 heterocycles. The third-order valence-corrected chi connectivity index (χ3v) is 6.07. The van der Waals surface area contributed by atoms with Gasteiger partial charge in [-0.15, -0.1) is 0 Å². The Morgan fingerprint density at radius 1 is 1.21 bits per heavy atom. The number of hydrogen-bond donors (Lipinski definition) is 3. The van der Waals surface area contributed by atoms with Crippen LogP contribution in [0.2, 0.25) is 5.02 Å². The number of nitrogens with two attached hydrogens (primary N) is 1. The van der Waals surface area contributed by atoms with Crippen LogP contribution in [0.5, 0.6) is 0 Å². The first kappa shape index (κ1) is 24.0. The van der Waals surface area contributed by atoms with Gasteiger partial charge in [-0.25, -0.2) is 18.7 Å². The SMILES string of the molecule is Nc1ncc(C2CCOCC2)nc1-c1ccc(C(=O)NC(CO)c2ccc(F)c(Cl)c2)c(F)c1. The third-order valence-electron chi connectivity index (χ3n) is 5.78. The summed E-state index contributed by atoms with van der Waals surface area (Å²) in [6, 6.07) is 6.93. The number of rotatable bonds is 6. The van der Waals surface area contributed by atoms with Crippen molar-refractivity contribution in [3.05, 3.63) is 76.1 Å². The monoisotopic (exact) mass is 488 g/mol. The number of anilines is 1. The van der Waals surface area contributed by atoms with Gasteiger partial charge in [-0.1, -0.05) is 23.7 Å². The van der Waals surface area contributed by atoms with Crippen molar-refractivity contribution in [2.45, 2.75) is 24.8 Å². The number of nitrogen functional groups attached to an aromatic ring is 1. The lowest BCUT2D eigenvalue weighted by molar-refractivity contribution is 0.0844. The van der Waals surface area contributed by atoms with Gasteiger partial charge in [-0.3, -0.25) is 4.79 Å². The van der Waals surface area contributed by atoms with E-state index in [2.05, 4.69) is 15.3 Å². The maximum Gasteiger partial charge on any atom is 0.254 e. The zero-order chi connectivity index (χ0) is 24.2. The fourth-order valence-corrected chi connectivity index (χ4v) is 4.05. The van der Waals surface area contributed by atoms with Gasteiger partial charge < -0.3 is 20.9 Å². The van der Waals surface area contributed by atoms with Crippen molar-refractivity contribution in [1.82, 2.24) is 15.3 Å². The molecule has 1 fully saturated rings. The van der Waals surface area contributed by atoms with Crippen LogP contribution in [0.4, 0.5) is 14.6 Å². The number of benzene rings is 2. The molecule has 3 aromatic rings. The smallest absolute Gasteiger partial charge is 0.254 e. The molecule has 0 radical (unpaired) electrons. The molecule has 0 saturated carbocycles. The van der Waals surface area contributed by atoms with Gasteiger partial charge in [0.1, 0.15) is 23.1 Å². The minimum Gasteiger partial charge on any atom is -0.394 e. The Morgan fingerprint density at radius 3 is 2.65 bits per heavy atom. The molecule has 4 rings (SSSR count). The van der Waals surface area contributed by atoms with Crippen LogP contribution in [0, 0.1) is 11.6 Å². The van der Waals surface area contributed by atoms with Gasteiger partial charge in [0, 0.05) is 24.7 Å². The van der Waals surface area contributed by atoms with Gasteiger partial charge in [0.05, 0.1) is 35.1 Å². The van der Waals surface area contributed by atoms with Crippen molar-refractivity contribution in [2.75, 3.05) is 25.6 Å². The second kappa shape index (κ2) is 10.4. The number of hydrogen-bond acceptors (Lipinski definition) is 6. The predicted octanol–water partition coefficient (Wildman–Crippen LogP) is 4.01. The number of nitrogens with zero attached hydrogens (tertiary/aromatic N) is 2. The molecule has 178 valence electrons. The maximum absolute atomic E-state index is 14.9. The van der Waals surface area contributed by atoms with Crippen LogP contribution in [-0.4, -0.2) is 40.8 Å². The Balaban J connectivity index is 1.56. The summed E-state index contributed by atoms with van der Waals surface area (Å²) in [5.41, 5.74) is 7.64. The van der Waals surface area contributed by atoms with Crippen molar-refractivity contribution >= 4 is 23.3 Å². The van der Waals surface area contributed by atoms with Gasteiger partial charge in [0.15, 0.2) is 0 Å². The average Bonchev–Trinajstić information content (AvgIpc) is 2.85. The first-order valence-electron chi connectivity index (χ1n) is 10.7. The quantitative estimate of drug-likeness (QED) is 0.483. The van der Waals surface area contributed by atoms with E-state index < -0.39 is 30.2 Å². The largest absolute Gasteiger partial charge is 0.394 e. The molecular formula is C24H23ClF2N4O3. The van der Waals surface area contributed by atoms with Crippen LogP contribution >= 0.6 is 11.6 Å². The summed E-state index contributed by atoms with van der Waals surface area (Å²) in [7, 11) is 0. The zero-order valence-corrected chi connectivity index (χ0v) is 18.9. The molecule has 1 aliphatic heterocycles. The molecule has 1 atom stereocenters. The number of nitrogens with one attached hydrogen (secondary N) is 1. The van der Waals surface area contributed by atoms with E-state index in [9.17, 15) is 18.7 Å². The molecule has 10 heteroatoms. The highest BCUT2D eigenvalue weighted by Gasteiger charge is 2.22. The summed E-state index contributed by atoms with van der Waals surface area (Å²) in [5.74, 6) is -1.83. The lowest BCUT2D eigenvalue weighted by Crippen LogP contribution is -2.31. The summed E-state index contributed by atoms with van der Waals surface area (Å²) in [5, 5.41) is 12.1. The summed E-state index contributed by atoms with van der Waals surface area (Å²) in [6.07, 6.45) is 3.26. The Labute approximate surface area is 199 Å². The van der Waals surface area contributed by atoms with Crippen molar-refractivity contribution < 1.29 is 23.4 Å². The average molecular weight is 489 g/mol. The van der Waals surface area contributed by atoms with Gasteiger partial charge in [0.2, 0.25) is 0 Å². The lowest BCUT2D eigenvalue weighted by Gasteiger charge is -2.22. The van der Waals surface area contributed by atoms with Crippen LogP contribution in [0.25, 0.3) is 11.3 Å². The predicted molar refractivity (Wildman–Crippen MR) is 123 cm³/mol. The number of aromatic nitrogens is 2. The van der Waals surface area contributed by atoms with E-state index in [4.69, 9.17) is 22.1 Å². The number of amides is 1. The standard InChI is InChI=1S/C24H23ClF2N4O3/c25-17-9-14(2-4-18(17)26)21(12-32)31-24(33)16-3-1-15(10-19(16)27)22-23(28)29-11-20(30-22)13-5-7-34-8-6-13/h1-4,9-11,13,21,32H,5-8,12H2,(H2,28,29)(H,31,33). The topological polar surface area (TPSA) is 110 Å². The number of aliphatic hydroxyl groups excluding tert-OH is 1. The minimum absolute atomic E-state index is 0.151. The van der Waals surface area contributed by atoms with Crippen LogP contribution in [0.1, 0.15) is 46.4 Å². The highest BCUT2D eigenvalue weighted by atomic mass is 35.5. The number of halogens is 3. The molecule has 1 unspecified atom stereocenters. The van der Waals surface area contributed by atoms with E-state index in [-0.39, 0.29) is 22.3 Å². The van der Waals surface area contributed by atoms with Crippen molar-refractivity contribution in [3.63, 3.8) is 0 Å². The zero-order valence-electron chi connectivity index (χ0n) is 18.1. The summed E-state index contributed by atoms with van der Waals surface area (Å²) < 4.78 is 33.8. The lowest BCUT2D eigenvalue weighted by atomic mass is 9.96. The summed E-state index contributed by atoms with van der Waals surface area (Å²) in [6.45, 7) is 0.797. The Bertz CT molecular complexity index is 1200. The molecule has 0 aliphatic carbocycles.